The third-order valence-corrected chi connectivity index (χ3v) is 4.02. The van der Waals surface area contributed by atoms with Gasteiger partial charge in [0.1, 0.15) is 5.75 Å². The molecule has 0 saturated heterocycles. The zero-order chi connectivity index (χ0) is 17.0. The lowest BCUT2D eigenvalue weighted by molar-refractivity contribution is -0.125. The highest BCUT2D eigenvalue weighted by Crippen LogP contribution is 2.28. The first kappa shape index (κ1) is 17.1. The Labute approximate surface area is 138 Å². The molecule has 2 aromatic rings. The van der Waals surface area contributed by atoms with Gasteiger partial charge in [-0.25, -0.2) is 0 Å². The van der Waals surface area contributed by atoms with Crippen molar-refractivity contribution in [3.8, 4) is 16.9 Å². The van der Waals surface area contributed by atoms with Gasteiger partial charge >= 0.3 is 0 Å². The highest BCUT2D eigenvalue weighted by Gasteiger charge is 2.29. The summed E-state index contributed by atoms with van der Waals surface area (Å²) in [6.07, 6.45) is 0. The van der Waals surface area contributed by atoms with Gasteiger partial charge in [-0.05, 0) is 48.6 Å². The van der Waals surface area contributed by atoms with E-state index in [1.165, 1.54) is 0 Å². The summed E-state index contributed by atoms with van der Waals surface area (Å²) in [5.41, 5.74) is 2.37. The topological polar surface area (TPSA) is 49.3 Å². The molecule has 0 atom stereocenters. The van der Waals surface area contributed by atoms with E-state index in [2.05, 4.69) is 19.2 Å². The fourth-order valence-electron chi connectivity index (χ4n) is 2.41. The van der Waals surface area contributed by atoms with Gasteiger partial charge in [-0.1, -0.05) is 50.2 Å². The summed E-state index contributed by atoms with van der Waals surface area (Å²) in [6, 6.07) is 15.1. The van der Waals surface area contributed by atoms with E-state index in [0.717, 1.165) is 16.7 Å². The molecular weight excluding hydrogens is 286 g/mol. The van der Waals surface area contributed by atoms with Crippen LogP contribution in [0.15, 0.2) is 48.5 Å². The maximum atomic E-state index is 12.4. The van der Waals surface area contributed by atoms with E-state index in [9.17, 15) is 9.90 Å². The lowest BCUT2D eigenvalue weighted by atomic mass is 9.83. The van der Waals surface area contributed by atoms with Gasteiger partial charge in [-0.15, -0.1) is 0 Å². The maximum Gasteiger partial charge on any atom is 0.230 e. The molecule has 2 N–H and O–H groups in total. The number of phenols is 1. The molecule has 0 aliphatic heterocycles. The van der Waals surface area contributed by atoms with Crippen molar-refractivity contribution in [3.63, 3.8) is 0 Å². The van der Waals surface area contributed by atoms with Crippen molar-refractivity contribution in [2.24, 2.45) is 5.92 Å². The fraction of sp³-hybridized carbons (Fsp3) is 0.350. The minimum Gasteiger partial charge on any atom is -0.508 e. The van der Waals surface area contributed by atoms with Gasteiger partial charge in [-0.2, -0.15) is 0 Å². The van der Waals surface area contributed by atoms with E-state index in [-0.39, 0.29) is 11.7 Å². The second-order valence-corrected chi connectivity index (χ2v) is 6.86. The summed E-state index contributed by atoms with van der Waals surface area (Å²) in [5, 5.41) is 12.6. The van der Waals surface area contributed by atoms with Crippen LogP contribution in [0.4, 0.5) is 0 Å². The standard InChI is InChI=1S/C20H25NO2/c1-14(2)13-21-19(23)20(3,4)17-10-8-15(9-11-17)16-6-5-7-18(22)12-16/h5-12,14,22H,13H2,1-4H3,(H,21,23). The van der Waals surface area contributed by atoms with E-state index in [4.69, 9.17) is 0 Å². The zero-order valence-corrected chi connectivity index (χ0v) is 14.3. The number of aromatic hydroxyl groups is 1. The van der Waals surface area contributed by atoms with Crippen LogP contribution in [-0.2, 0) is 10.2 Å². The van der Waals surface area contributed by atoms with Gasteiger partial charge in [0.2, 0.25) is 5.91 Å². The van der Waals surface area contributed by atoms with E-state index < -0.39 is 5.41 Å². The third-order valence-electron chi connectivity index (χ3n) is 4.02. The van der Waals surface area contributed by atoms with Crippen molar-refractivity contribution in [1.82, 2.24) is 5.32 Å². The molecule has 0 unspecified atom stereocenters. The minimum atomic E-state index is -0.577. The lowest BCUT2D eigenvalue weighted by Crippen LogP contribution is -2.41. The summed E-state index contributed by atoms with van der Waals surface area (Å²) in [4.78, 5) is 12.4. The van der Waals surface area contributed by atoms with Gasteiger partial charge in [0.15, 0.2) is 0 Å². The van der Waals surface area contributed by atoms with Crippen molar-refractivity contribution in [2.75, 3.05) is 6.54 Å². The lowest BCUT2D eigenvalue weighted by Gasteiger charge is -2.25. The van der Waals surface area contributed by atoms with Crippen LogP contribution in [0.3, 0.4) is 0 Å². The van der Waals surface area contributed by atoms with Crippen LogP contribution in [-0.4, -0.2) is 17.6 Å². The predicted molar refractivity (Wildman–Crippen MR) is 94.4 cm³/mol. The largest absolute Gasteiger partial charge is 0.508 e. The molecule has 0 heterocycles. The van der Waals surface area contributed by atoms with Crippen LogP contribution in [0.2, 0.25) is 0 Å². The normalized spacial score (nSPS) is 11.5. The van der Waals surface area contributed by atoms with Crippen molar-refractivity contribution in [3.05, 3.63) is 54.1 Å². The Morgan fingerprint density at radius 1 is 1.09 bits per heavy atom. The Hall–Kier alpha value is -2.29. The summed E-state index contributed by atoms with van der Waals surface area (Å²) in [5.74, 6) is 0.721. The van der Waals surface area contributed by atoms with Gasteiger partial charge in [0.05, 0.1) is 5.41 Å². The summed E-state index contributed by atoms with van der Waals surface area (Å²) < 4.78 is 0. The third kappa shape index (κ3) is 4.13. The summed E-state index contributed by atoms with van der Waals surface area (Å²) >= 11 is 0. The molecule has 2 aromatic carbocycles. The van der Waals surface area contributed by atoms with Crippen molar-refractivity contribution < 1.29 is 9.90 Å². The van der Waals surface area contributed by atoms with Crippen molar-refractivity contribution in [1.29, 1.82) is 0 Å². The van der Waals surface area contributed by atoms with Gasteiger partial charge in [-0.3, -0.25) is 4.79 Å². The number of phenolic OH excluding ortho intramolecular Hbond substituents is 1. The van der Waals surface area contributed by atoms with E-state index in [0.29, 0.717) is 12.5 Å². The SMILES string of the molecule is CC(C)CNC(=O)C(C)(C)c1ccc(-c2cccc(O)c2)cc1. The first-order chi connectivity index (χ1) is 10.8. The number of rotatable bonds is 5. The molecule has 122 valence electrons. The highest BCUT2D eigenvalue weighted by molar-refractivity contribution is 5.87. The van der Waals surface area contributed by atoms with Crippen molar-refractivity contribution >= 4 is 5.91 Å². The minimum absolute atomic E-state index is 0.0382. The molecule has 3 nitrogen and oxygen atoms in total. The number of benzene rings is 2. The number of nitrogens with one attached hydrogen (secondary N) is 1. The Balaban J connectivity index is 2.19. The molecule has 0 aromatic heterocycles. The predicted octanol–water partition coefficient (Wildman–Crippen LogP) is 4.11. The number of hydrogen-bond acceptors (Lipinski definition) is 2. The van der Waals surface area contributed by atoms with Crippen LogP contribution in [0, 0.1) is 5.92 Å². The Kier molecular flexibility index (Phi) is 5.09. The van der Waals surface area contributed by atoms with Crippen LogP contribution in [0.5, 0.6) is 5.75 Å². The quantitative estimate of drug-likeness (QED) is 0.873. The molecule has 0 radical (unpaired) electrons. The number of hydrogen-bond donors (Lipinski definition) is 2. The molecule has 0 fully saturated rings. The van der Waals surface area contributed by atoms with Gasteiger partial charge in [0, 0.05) is 6.54 Å². The summed E-state index contributed by atoms with van der Waals surface area (Å²) in [7, 11) is 0. The summed E-state index contributed by atoms with van der Waals surface area (Å²) in [6.45, 7) is 8.72. The molecule has 0 aliphatic carbocycles. The highest BCUT2D eigenvalue weighted by atomic mass is 16.3. The van der Waals surface area contributed by atoms with Crippen LogP contribution >= 0.6 is 0 Å². The monoisotopic (exact) mass is 311 g/mol. The van der Waals surface area contributed by atoms with Crippen LogP contribution < -0.4 is 5.32 Å². The van der Waals surface area contributed by atoms with Gasteiger partial charge in [0.25, 0.3) is 0 Å². The molecule has 23 heavy (non-hydrogen) atoms. The van der Waals surface area contributed by atoms with Gasteiger partial charge < -0.3 is 10.4 Å². The van der Waals surface area contributed by atoms with Crippen molar-refractivity contribution in [2.45, 2.75) is 33.1 Å². The second kappa shape index (κ2) is 6.86. The van der Waals surface area contributed by atoms with E-state index in [1.807, 2.05) is 50.2 Å². The Morgan fingerprint density at radius 3 is 2.30 bits per heavy atom. The number of carbonyl (C=O) groups excluding carboxylic acids is 1. The molecule has 0 aliphatic rings. The van der Waals surface area contributed by atoms with Crippen LogP contribution in [0.25, 0.3) is 11.1 Å². The van der Waals surface area contributed by atoms with E-state index in [1.54, 1.807) is 12.1 Å². The smallest absolute Gasteiger partial charge is 0.230 e. The van der Waals surface area contributed by atoms with E-state index >= 15 is 0 Å². The molecule has 0 spiro atoms. The molecular formula is C20H25NO2. The molecule has 1 amide bonds. The number of amides is 1. The molecule has 0 bridgehead atoms. The average Bonchev–Trinajstić information content (AvgIpc) is 2.52. The second-order valence-electron chi connectivity index (χ2n) is 6.86. The Bertz CT molecular complexity index is 672. The average molecular weight is 311 g/mol. The molecule has 2 rings (SSSR count). The Morgan fingerprint density at radius 2 is 1.74 bits per heavy atom. The zero-order valence-electron chi connectivity index (χ0n) is 14.3. The molecule has 0 saturated carbocycles. The fourth-order valence-corrected chi connectivity index (χ4v) is 2.41. The first-order valence-corrected chi connectivity index (χ1v) is 7.99. The first-order valence-electron chi connectivity index (χ1n) is 7.99. The maximum absolute atomic E-state index is 12.4. The number of carbonyl (C=O) groups is 1. The molecule has 3 heteroatoms. The van der Waals surface area contributed by atoms with Crippen LogP contribution in [0.1, 0.15) is 33.3 Å².